The van der Waals surface area contributed by atoms with E-state index in [4.69, 9.17) is 4.74 Å². The van der Waals surface area contributed by atoms with Gasteiger partial charge in [0.1, 0.15) is 17.3 Å². The van der Waals surface area contributed by atoms with Crippen LogP contribution in [0.4, 0.5) is 5.95 Å². The molecule has 1 amide bonds. The lowest BCUT2D eigenvalue weighted by Crippen LogP contribution is -2.30. The van der Waals surface area contributed by atoms with Crippen LogP contribution in [0.5, 0.6) is 11.5 Å². The molecule has 0 aliphatic carbocycles. The van der Waals surface area contributed by atoms with Crippen LogP contribution in [-0.4, -0.2) is 38.5 Å². The smallest absolute Gasteiger partial charge is 0.302 e. The first kappa shape index (κ1) is 21.3. The molecule has 1 unspecified atom stereocenters. The van der Waals surface area contributed by atoms with Crippen molar-refractivity contribution in [3.63, 3.8) is 0 Å². The van der Waals surface area contributed by atoms with Gasteiger partial charge in [-0.1, -0.05) is 36.4 Å². The average molecular weight is 455 g/mol. The van der Waals surface area contributed by atoms with Gasteiger partial charge in [-0.3, -0.25) is 14.5 Å². The predicted molar refractivity (Wildman–Crippen MR) is 127 cm³/mol. The van der Waals surface area contributed by atoms with E-state index in [2.05, 4.69) is 9.97 Å². The van der Waals surface area contributed by atoms with E-state index >= 15 is 0 Å². The Morgan fingerprint density at radius 3 is 2.62 bits per heavy atom. The Labute approximate surface area is 194 Å². The number of Topliss-reactive ketones (excluding diaryl/α,β-unsaturated/α-hetero) is 1. The highest BCUT2D eigenvalue weighted by atomic mass is 16.5. The molecule has 3 N–H and O–H groups in total. The topological polar surface area (TPSA) is 116 Å². The normalized spacial score (nSPS) is 17.4. The Morgan fingerprint density at radius 2 is 1.85 bits per heavy atom. The molecule has 5 rings (SSSR count). The van der Waals surface area contributed by atoms with E-state index in [0.717, 1.165) is 0 Å². The molecule has 1 aliphatic heterocycles. The number of aromatic amines is 1. The summed E-state index contributed by atoms with van der Waals surface area (Å²) in [6.07, 6.45) is 0. The van der Waals surface area contributed by atoms with E-state index < -0.39 is 17.7 Å². The molecule has 1 aliphatic rings. The van der Waals surface area contributed by atoms with Crippen LogP contribution in [0.2, 0.25) is 0 Å². The summed E-state index contributed by atoms with van der Waals surface area (Å²) in [7, 11) is 0. The highest BCUT2D eigenvalue weighted by molar-refractivity contribution is 6.51. The van der Waals surface area contributed by atoms with Gasteiger partial charge in [0.2, 0.25) is 5.95 Å². The van der Waals surface area contributed by atoms with Gasteiger partial charge in [0.25, 0.3) is 5.78 Å². The molecule has 0 bridgehead atoms. The summed E-state index contributed by atoms with van der Waals surface area (Å²) in [5.41, 5.74) is 1.99. The number of nitrogens with one attached hydrogen (secondary N) is 1. The molecular weight excluding hydrogens is 434 g/mol. The maximum Gasteiger partial charge on any atom is 0.302 e. The molecule has 1 aromatic heterocycles. The number of amides is 1. The maximum absolute atomic E-state index is 13.3. The van der Waals surface area contributed by atoms with Crippen molar-refractivity contribution >= 4 is 34.4 Å². The molecule has 1 fully saturated rings. The zero-order valence-corrected chi connectivity index (χ0v) is 18.2. The van der Waals surface area contributed by atoms with Gasteiger partial charge < -0.3 is 19.9 Å². The van der Waals surface area contributed by atoms with E-state index in [1.54, 1.807) is 42.5 Å². The van der Waals surface area contributed by atoms with Gasteiger partial charge in [-0.25, -0.2) is 4.98 Å². The van der Waals surface area contributed by atoms with E-state index in [1.165, 1.54) is 17.0 Å². The third-order valence-corrected chi connectivity index (χ3v) is 5.65. The van der Waals surface area contributed by atoms with Crippen LogP contribution in [0.15, 0.2) is 78.4 Å². The largest absolute Gasteiger partial charge is 0.508 e. The number of benzene rings is 3. The summed E-state index contributed by atoms with van der Waals surface area (Å²) in [5.74, 6) is -1.38. The molecule has 1 saturated heterocycles. The summed E-state index contributed by atoms with van der Waals surface area (Å²) in [5, 5.41) is 21.3. The molecule has 8 heteroatoms. The number of aromatic nitrogens is 2. The summed E-state index contributed by atoms with van der Waals surface area (Å²) in [6, 6.07) is 19.1. The first-order valence-corrected chi connectivity index (χ1v) is 10.8. The third-order valence-electron chi connectivity index (χ3n) is 5.65. The van der Waals surface area contributed by atoms with Crippen molar-refractivity contribution in [3.8, 4) is 11.5 Å². The van der Waals surface area contributed by atoms with Crippen molar-refractivity contribution < 1.29 is 24.5 Å². The van der Waals surface area contributed by atoms with Gasteiger partial charge in [-0.15, -0.1) is 0 Å². The first-order chi connectivity index (χ1) is 16.5. The van der Waals surface area contributed by atoms with Crippen LogP contribution in [0.1, 0.15) is 24.1 Å². The van der Waals surface area contributed by atoms with Crippen LogP contribution < -0.4 is 9.64 Å². The Balaban J connectivity index is 1.72. The number of hydrogen-bond acceptors (Lipinski definition) is 6. The number of nitrogens with zero attached hydrogens (tertiary/aromatic N) is 2. The van der Waals surface area contributed by atoms with Crippen LogP contribution in [0.25, 0.3) is 16.8 Å². The number of phenols is 1. The zero-order valence-electron chi connectivity index (χ0n) is 18.2. The van der Waals surface area contributed by atoms with Gasteiger partial charge in [-0.2, -0.15) is 0 Å². The number of H-pyrrole nitrogens is 1. The highest BCUT2D eigenvalue weighted by Crippen LogP contribution is 2.42. The van der Waals surface area contributed by atoms with E-state index in [9.17, 15) is 19.8 Å². The van der Waals surface area contributed by atoms with Gasteiger partial charge in [0, 0.05) is 5.56 Å². The zero-order chi connectivity index (χ0) is 23.8. The SMILES string of the molecule is CCOc1cccc(/C(O)=C2\C(=O)C(=O)N(c3nc4ccccc4[nH]3)C2c2cccc(O)c2)c1. The van der Waals surface area contributed by atoms with Gasteiger partial charge >= 0.3 is 5.91 Å². The molecule has 3 aromatic carbocycles. The van der Waals surface area contributed by atoms with Crippen LogP contribution in [-0.2, 0) is 9.59 Å². The van der Waals surface area contributed by atoms with Crippen molar-refractivity contribution in [3.05, 3.63) is 89.5 Å². The Kier molecular flexibility index (Phi) is 5.25. The number of aliphatic hydroxyl groups excluding tert-OH is 1. The monoisotopic (exact) mass is 455 g/mol. The molecule has 2 heterocycles. The lowest BCUT2D eigenvalue weighted by Gasteiger charge is -2.23. The van der Waals surface area contributed by atoms with Crippen LogP contribution in [0.3, 0.4) is 0 Å². The lowest BCUT2D eigenvalue weighted by molar-refractivity contribution is -0.132. The van der Waals surface area contributed by atoms with Gasteiger partial charge in [-0.05, 0) is 48.9 Å². The number of imidazole rings is 1. The fourth-order valence-corrected chi connectivity index (χ4v) is 4.17. The van der Waals surface area contributed by atoms with Crippen molar-refractivity contribution in [2.45, 2.75) is 13.0 Å². The van der Waals surface area contributed by atoms with E-state index in [0.29, 0.717) is 34.5 Å². The summed E-state index contributed by atoms with van der Waals surface area (Å²) in [4.78, 5) is 35.3. The number of aromatic hydroxyl groups is 1. The number of anilines is 1. The number of ether oxygens (including phenoxy) is 1. The number of aliphatic hydroxyl groups is 1. The lowest BCUT2D eigenvalue weighted by atomic mass is 9.95. The van der Waals surface area contributed by atoms with Crippen LogP contribution >= 0.6 is 0 Å². The quantitative estimate of drug-likeness (QED) is 0.235. The summed E-state index contributed by atoms with van der Waals surface area (Å²) < 4.78 is 5.51. The van der Waals surface area contributed by atoms with Gasteiger partial charge in [0.05, 0.1) is 29.3 Å². The number of carbonyl (C=O) groups is 2. The number of phenolic OH excluding ortho intramolecular Hbond substituents is 1. The predicted octanol–water partition coefficient (Wildman–Crippen LogP) is 4.29. The van der Waals surface area contributed by atoms with E-state index in [1.807, 2.05) is 25.1 Å². The number of carbonyl (C=O) groups excluding carboxylic acids is 2. The first-order valence-electron chi connectivity index (χ1n) is 10.8. The second-order valence-corrected chi connectivity index (χ2v) is 7.80. The fourth-order valence-electron chi connectivity index (χ4n) is 4.17. The highest BCUT2D eigenvalue weighted by Gasteiger charge is 2.48. The molecule has 170 valence electrons. The molecule has 0 saturated carbocycles. The molecule has 1 atom stereocenters. The van der Waals surface area contributed by atoms with Crippen molar-refractivity contribution in [2.75, 3.05) is 11.5 Å². The molecule has 0 spiro atoms. The van der Waals surface area contributed by atoms with Crippen molar-refractivity contribution in [2.24, 2.45) is 0 Å². The third kappa shape index (κ3) is 3.55. The Bertz CT molecular complexity index is 1420. The Hall–Kier alpha value is -4.59. The van der Waals surface area contributed by atoms with Crippen LogP contribution in [0, 0.1) is 0 Å². The number of fused-ring (bicyclic) bond motifs is 1. The van der Waals surface area contributed by atoms with Gasteiger partial charge in [0.15, 0.2) is 0 Å². The molecule has 4 aromatic rings. The number of para-hydroxylation sites is 2. The standard InChI is InChI=1S/C26H21N3O5/c1-2-34-18-10-6-8-16(14-18)23(31)21-22(15-7-5-9-17(30)13-15)29(25(33)24(21)32)26-27-19-11-3-4-12-20(19)28-26/h3-14,22,30-31H,2H2,1H3,(H,27,28)/b23-21+. The molecule has 34 heavy (non-hydrogen) atoms. The minimum atomic E-state index is -1.01. The second kappa shape index (κ2) is 8.40. The summed E-state index contributed by atoms with van der Waals surface area (Å²) >= 11 is 0. The average Bonchev–Trinajstić information content (AvgIpc) is 3.37. The maximum atomic E-state index is 13.3. The summed E-state index contributed by atoms with van der Waals surface area (Å²) in [6.45, 7) is 2.28. The molecule has 0 radical (unpaired) electrons. The number of ketones is 1. The second-order valence-electron chi connectivity index (χ2n) is 7.80. The fraction of sp³-hybridized carbons (Fsp3) is 0.115. The minimum Gasteiger partial charge on any atom is -0.508 e. The minimum absolute atomic E-state index is 0.0361. The number of hydrogen-bond donors (Lipinski definition) is 3. The molecular formula is C26H21N3O5. The van der Waals surface area contributed by atoms with Crippen molar-refractivity contribution in [1.82, 2.24) is 9.97 Å². The van der Waals surface area contributed by atoms with E-state index in [-0.39, 0.29) is 23.0 Å². The number of rotatable bonds is 5. The van der Waals surface area contributed by atoms with Crippen molar-refractivity contribution in [1.29, 1.82) is 0 Å². The Morgan fingerprint density at radius 1 is 1.06 bits per heavy atom. The molecule has 8 nitrogen and oxygen atoms in total.